The van der Waals surface area contributed by atoms with E-state index in [1.165, 1.54) is 23.9 Å². The predicted molar refractivity (Wildman–Crippen MR) is 214 cm³/mol. The lowest BCUT2D eigenvalue weighted by molar-refractivity contribution is -0.176. The number of hydrogen-bond donors (Lipinski definition) is 1. The van der Waals surface area contributed by atoms with Crippen molar-refractivity contribution in [2.75, 3.05) is 14.1 Å². The number of hydrogen-bond acceptors (Lipinski definition) is 9. The van der Waals surface area contributed by atoms with Gasteiger partial charge in [-0.1, -0.05) is 133 Å². The number of nitrogens with one attached hydrogen (secondary N) is 1. The van der Waals surface area contributed by atoms with E-state index < -0.39 is 89.8 Å². The summed E-state index contributed by atoms with van der Waals surface area (Å²) < 4.78 is 18.0. The average Bonchev–Trinajstić information content (AvgIpc) is 3.20. The Kier molecular flexibility index (Phi) is 16.0. The molecule has 1 aliphatic rings. The van der Waals surface area contributed by atoms with E-state index >= 15 is 0 Å². The molecule has 1 aliphatic heterocycles. The second-order valence-electron chi connectivity index (χ2n) is 15.5. The summed E-state index contributed by atoms with van der Waals surface area (Å²) in [6.45, 7) is 10.4. The molecule has 0 aliphatic carbocycles. The third-order valence-corrected chi connectivity index (χ3v) is 10.4. The highest BCUT2D eigenvalue weighted by Gasteiger charge is 2.43. The molecule has 12 heteroatoms. The number of nitrogens with zero attached hydrogens (tertiary/aromatic N) is 2. The number of likely N-dealkylation sites (N-methyl/N-ethyl adjacent to an activating group) is 2. The van der Waals surface area contributed by atoms with Crippen molar-refractivity contribution in [3.8, 4) is 0 Å². The molecule has 306 valence electrons. The number of carbonyl (C=O) groups is 6. The van der Waals surface area contributed by atoms with Crippen LogP contribution in [0.4, 0.5) is 0 Å². The summed E-state index contributed by atoms with van der Waals surface area (Å²) in [6, 6.07) is 23.3. The second-order valence-corrected chi connectivity index (χ2v) is 15.5. The third kappa shape index (κ3) is 11.8. The summed E-state index contributed by atoms with van der Waals surface area (Å²) in [4.78, 5) is 88.3. The van der Waals surface area contributed by atoms with Crippen LogP contribution in [0.15, 0.2) is 91.0 Å². The molecular formula is C45H57N3O9. The van der Waals surface area contributed by atoms with Gasteiger partial charge in [0.25, 0.3) is 17.7 Å². The van der Waals surface area contributed by atoms with E-state index in [0.717, 1.165) is 11.1 Å². The Balaban J connectivity index is 1.87. The quantitative estimate of drug-likeness (QED) is 0.223. The van der Waals surface area contributed by atoms with Crippen LogP contribution in [0.5, 0.6) is 0 Å². The molecule has 0 saturated carbocycles. The maximum atomic E-state index is 14.4. The van der Waals surface area contributed by atoms with Crippen LogP contribution in [-0.4, -0.2) is 96.0 Å². The summed E-state index contributed by atoms with van der Waals surface area (Å²) >= 11 is 0. The Morgan fingerprint density at radius 1 is 0.526 bits per heavy atom. The van der Waals surface area contributed by atoms with Gasteiger partial charge >= 0.3 is 17.9 Å². The van der Waals surface area contributed by atoms with E-state index in [4.69, 9.17) is 14.2 Å². The minimum atomic E-state index is -1.36. The van der Waals surface area contributed by atoms with Crippen LogP contribution in [-0.2, 0) is 62.2 Å². The largest absolute Gasteiger partial charge is 0.450 e. The molecule has 0 spiro atoms. The number of benzene rings is 3. The summed E-state index contributed by atoms with van der Waals surface area (Å²) in [5.74, 6) is -6.24. The van der Waals surface area contributed by atoms with Crippen LogP contribution >= 0.6 is 0 Å². The third-order valence-electron chi connectivity index (χ3n) is 10.4. The number of rotatable bonds is 10. The minimum Gasteiger partial charge on any atom is -0.450 e. The molecule has 1 heterocycles. The van der Waals surface area contributed by atoms with Gasteiger partial charge in [0, 0.05) is 39.3 Å². The predicted octanol–water partition coefficient (Wildman–Crippen LogP) is 4.96. The molecule has 57 heavy (non-hydrogen) atoms. The van der Waals surface area contributed by atoms with Crippen molar-refractivity contribution in [2.45, 2.75) is 104 Å². The zero-order chi connectivity index (χ0) is 41.8. The van der Waals surface area contributed by atoms with Crippen molar-refractivity contribution in [3.05, 3.63) is 108 Å². The van der Waals surface area contributed by atoms with E-state index in [-0.39, 0.29) is 19.3 Å². The number of ether oxygens (including phenoxy) is 3. The van der Waals surface area contributed by atoms with Gasteiger partial charge in [0.1, 0.15) is 18.1 Å². The standard InChI is InChI=1S/C45H57N3O9/c1-9-30(6)39-40(49)46-34(25-31-19-13-10-14-20-31)43(52)55-37(28(2)3)41(50)47(7)35(26-32-21-15-11-16-22-32)44(53)56-38(29(4)5)42(51)48(8)36(45(54)57-39)27-33-23-17-12-18-24-33/h10-24,28-30,34-39H,9,25-27H2,1-8H3,(H,46,49). The van der Waals surface area contributed by atoms with Crippen LogP contribution in [0.3, 0.4) is 0 Å². The minimum absolute atomic E-state index is 0.00878. The molecular weight excluding hydrogens is 727 g/mol. The zero-order valence-corrected chi connectivity index (χ0v) is 34.3. The lowest BCUT2D eigenvalue weighted by Gasteiger charge is -2.35. The van der Waals surface area contributed by atoms with E-state index in [1.54, 1.807) is 107 Å². The van der Waals surface area contributed by atoms with Gasteiger partial charge in [0.05, 0.1) is 0 Å². The molecule has 4 rings (SSSR count). The second kappa shape index (κ2) is 20.6. The molecule has 0 radical (unpaired) electrons. The maximum Gasteiger partial charge on any atom is 0.329 e. The number of carbonyl (C=O) groups excluding carboxylic acids is 6. The Morgan fingerprint density at radius 2 is 0.877 bits per heavy atom. The summed E-state index contributed by atoms with van der Waals surface area (Å²) in [5.41, 5.74) is 2.14. The Morgan fingerprint density at radius 3 is 1.25 bits per heavy atom. The molecule has 1 fully saturated rings. The first-order valence-corrected chi connectivity index (χ1v) is 19.7. The van der Waals surface area contributed by atoms with Crippen LogP contribution < -0.4 is 5.32 Å². The van der Waals surface area contributed by atoms with Gasteiger partial charge in [0.2, 0.25) is 0 Å². The highest BCUT2D eigenvalue weighted by molar-refractivity contribution is 5.94. The van der Waals surface area contributed by atoms with Gasteiger partial charge < -0.3 is 29.3 Å². The molecule has 0 bridgehead atoms. The lowest BCUT2D eigenvalue weighted by Crippen LogP contribution is -2.56. The average molecular weight is 784 g/mol. The Hall–Kier alpha value is -5.52. The Bertz CT molecular complexity index is 1820. The summed E-state index contributed by atoms with van der Waals surface area (Å²) in [7, 11) is 2.87. The first-order chi connectivity index (χ1) is 27.1. The maximum absolute atomic E-state index is 14.4. The fraction of sp³-hybridized carbons (Fsp3) is 0.467. The molecule has 3 aromatic carbocycles. The summed E-state index contributed by atoms with van der Waals surface area (Å²) in [6.07, 6.45) is -3.58. The van der Waals surface area contributed by atoms with E-state index in [1.807, 2.05) is 25.1 Å². The molecule has 1 saturated heterocycles. The lowest BCUT2D eigenvalue weighted by atomic mass is 9.98. The smallest absolute Gasteiger partial charge is 0.329 e. The molecule has 12 nitrogen and oxygen atoms in total. The molecule has 3 amide bonds. The van der Waals surface area contributed by atoms with Crippen molar-refractivity contribution in [1.82, 2.24) is 15.1 Å². The van der Waals surface area contributed by atoms with Crippen molar-refractivity contribution >= 4 is 35.6 Å². The highest BCUT2D eigenvalue weighted by atomic mass is 16.6. The van der Waals surface area contributed by atoms with Crippen LogP contribution in [0.1, 0.15) is 64.7 Å². The monoisotopic (exact) mass is 783 g/mol. The molecule has 0 aromatic heterocycles. The zero-order valence-electron chi connectivity index (χ0n) is 34.3. The number of esters is 3. The van der Waals surface area contributed by atoms with Crippen molar-refractivity contribution in [2.24, 2.45) is 17.8 Å². The number of amides is 3. The fourth-order valence-corrected chi connectivity index (χ4v) is 6.64. The molecule has 7 unspecified atom stereocenters. The first kappa shape index (κ1) is 44.2. The molecule has 1 N–H and O–H groups in total. The van der Waals surface area contributed by atoms with Crippen molar-refractivity contribution < 1.29 is 43.0 Å². The van der Waals surface area contributed by atoms with E-state index in [0.29, 0.717) is 12.0 Å². The van der Waals surface area contributed by atoms with Gasteiger partial charge in [-0.05, 0) is 34.9 Å². The fourth-order valence-electron chi connectivity index (χ4n) is 6.64. The normalized spacial score (nSPS) is 24.0. The molecule has 7 atom stereocenters. The van der Waals surface area contributed by atoms with Gasteiger partial charge in [-0.25, -0.2) is 14.4 Å². The van der Waals surface area contributed by atoms with Crippen molar-refractivity contribution in [3.63, 3.8) is 0 Å². The SMILES string of the molecule is CCC(C)C1OC(=O)C(Cc2ccccc2)N(C)C(=O)C(C(C)C)OC(=O)C(Cc2ccccc2)N(C)C(=O)C(C(C)C)OC(=O)C(Cc2ccccc2)NC1=O. The number of cyclic esters (lactones) is 3. The van der Waals surface area contributed by atoms with Gasteiger partial charge in [-0.3, -0.25) is 14.4 Å². The van der Waals surface area contributed by atoms with Crippen molar-refractivity contribution in [1.29, 1.82) is 0 Å². The van der Waals surface area contributed by atoms with Crippen LogP contribution in [0, 0.1) is 17.8 Å². The van der Waals surface area contributed by atoms with E-state index in [2.05, 4.69) is 5.32 Å². The molecule has 3 aromatic rings. The van der Waals surface area contributed by atoms with Crippen LogP contribution in [0.2, 0.25) is 0 Å². The topological polar surface area (TPSA) is 149 Å². The summed E-state index contributed by atoms with van der Waals surface area (Å²) in [5, 5.41) is 2.78. The van der Waals surface area contributed by atoms with Crippen LogP contribution in [0.25, 0.3) is 0 Å². The highest BCUT2D eigenvalue weighted by Crippen LogP contribution is 2.23. The first-order valence-electron chi connectivity index (χ1n) is 19.7. The van der Waals surface area contributed by atoms with Gasteiger partial charge in [-0.2, -0.15) is 0 Å². The van der Waals surface area contributed by atoms with Gasteiger partial charge in [0.15, 0.2) is 18.3 Å². The Labute approximate surface area is 336 Å². The van der Waals surface area contributed by atoms with E-state index in [9.17, 15) is 28.8 Å². The van der Waals surface area contributed by atoms with Gasteiger partial charge in [-0.15, -0.1) is 0 Å².